The molecule has 1 aliphatic carbocycles. The van der Waals surface area contributed by atoms with Gasteiger partial charge in [0, 0.05) is 48.5 Å². The smallest absolute Gasteiger partial charge is 0.416 e. The number of fused-ring (bicyclic) bond motifs is 1. The molecule has 6 rings (SSSR count). The van der Waals surface area contributed by atoms with E-state index in [1.54, 1.807) is 26.8 Å². The molecule has 2 aromatic rings. The average molecular weight is 655 g/mol. The number of hydrogen-bond donors (Lipinski definition) is 0. The van der Waals surface area contributed by atoms with Gasteiger partial charge in [-0.15, -0.1) is 0 Å². The van der Waals surface area contributed by atoms with Crippen LogP contribution in [-0.2, 0) is 33.8 Å². The first kappa shape index (κ1) is 32.6. The minimum absolute atomic E-state index is 0.00909. The van der Waals surface area contributed by atoms with Crippen LogP contribution in [0.5, 0.6) is 0 Å². The second-order valence-electron chi connectivity index (χ2n) is 14.1. The van der Waals surface area contributed by atoms with Crippen molar-refractivity contribution in [3.63, 3.8) is 0 Å². The van der Waals surface area contributed by atoms with Gasteiger partial charge in [0.2, 0.25) is 11.9 Å². The minimum Gasteiger partial charge on any atom is -0.443 e. The summed E-state index contributed by atoms with van der Waals surface area (Å²) in [7, 11) is 0. The summed E-state index contributed by atoms with van der Waals surface area (Å²) in [6.45, 7) is 9.95. The van der Waals surface area contributed by atoms with Crippen LogP contribution in [0, 0.1) is 17.7 Å². The van der Waals surface area contributed by atoms with Gasteiger partial charge in [0.25, 0.3) is 0 Å². The lowest BCUT2D eigenvalue weighted by molar-refractivity contribution is -0.133. The number of halogens is 2. The molecule has 4 aliphatic rings. The van der Waals surface area contributed by atoms with Gasteiger partial charge in [-0.2, -0.15) is 4.98 Å². The number of carbonyl (C=O) groups is 3. The molecular formula is C34H44ClFN6O4. The van der Waals surface area contributed by atoms with Gasteiger partial charge in [-0.3, -0.25) is 19.4 Å². The lowest BCUT2D eigenvalue weighted by atomic mass is 9.92. The second kappa shape index (κ2) is 13.4. The fraction of sp³-hybridized carbons (Fsp3) is 0.618. The summed E-state index contributed by atoms with van der Waals surface area (Å²) in [5.41, 5.74) is 1.21. The first-order valence-electron chi connectivity index (χ1n) is 16.6. The molecule has 4 heterocycles. The van der Waals surface area contributed by atoms with Gasteiger partial charge in [-0.1, -0.05) is 17.7 Å². The molecule has 1 saturated carbocycles. The van der Waals surface area contributed by atoms with Gasteiger partial charge >= 0.3 is 6.09 Å². The van der Waals surface area contributed by atoms with E-state index >= 15 is 0 Å². The Balaban J connectivity index is 1.32. The lowest BCUT2D eigenvalue weighted by Crippen LogP contribution is -2.43. The number of hydrogen-bond acceptors (Lipinski definition) is 8. The Morgan fingerprint density at radius 3 is 2.37 bits per heavy atom. The van der Waals surface area contributed by atoms with Crippen molar-refractivity contribution in [3.8, 4) is 0 Å². The number of amides is 2. The number of Topliss-reactive ketones (excluding diaryl/α,β-unsaturated/α-hetero) is 1. The van der Waals surface area contributed by atoms with E-state index in [0.29, 0.717) is 74.1 Å². The quantitative estimate of drug-likeness (QED) is 0.374. The zero-order valence-electron chi connectivity index (χ0n) is 27.1. The highest BCUT2D eigenvalue weighted by Gasteiger charge is 2.38. The van der Waals surface area contributed by atoms with Crippen LogP contribution in [0.25, 0.3) is 0 Å². The van der Waals surface area contributed by atoms with Crippen molar-refractivity contribution in [1.82, 2.24) is 19.8 Å². The van der Waals surface area contributed by atoms with Crippen LogP contribution in [0.2, 0.25) is 5.02 Å². The van der Waals surface area contributed by atoms with Gasteiger partial charge in [0.1, 0.15) is 23.0 Å². The van der Waals surface area contributed by atoms with E-state index < -0.39 is 17.5 Å². The molecule has 0 atom stereocenters. The molecule has 1 aromatic carbocycles. The normalized spacial score (nSPS) is 19.2. The van der Waals surface area contributed by atoms with Crippen molar-refractivity contribution < 1.29 is 23.5 Å². The van der Waals surface area contributed by atoms with Gasteiger partial charge in [0.15, 0.2) is 0 Å². The van der Waals surface area contributed by atoms with Crippen molar-refractivity contribution in [2.24, 2.45) is 11.8 Å². The summed E-state index contributed by atoms with van der Waals surface area (Å²) in [5.74, 6) is 0.855. The number of anilines is 2. The zero-order chi connectivity index (χ0) is 32.6. The maximum atomic E-state index is 14.0. The van der Waals surface area contributed by atoms with Crippen LogP contribution in [0.1, 0.15) is 76.1 Å². The fourth-order valence-corrected chi connectivity index (χ4v) is 6.81. The molecule has 0 N–H and O–H groups in total. The number of piperidine rings is 1. The number of carbonyl (C=O) groups excluding carboxylic acids is 3. The Kier molecular flexibility index (Phi) is 9.53. The van der Waals surface area contributed by atoms with E-state index in [1.807, 2.05) is 4.90 Å². The van der Waals surface area contributed by atoms with E-state index in [4.69, 9.17) is 26.3 Å². The Labute approximate surface area is 275 Å². The van der Waals surface area contributed by atoms with Crippen LogP contribution < -0.4 is 9.80 Å². The number of ketones is 1. The maximum absolute atomic E-state index is 14.0. The Bertz CT molecular complexity index is 1480. The molecule has 10 nitrogen and oxygen atoms in total. The third kappa shape index (κ3) is 7.62. The highest BCUT2D eigenvalue weighted by atomic mass is 35.5. The van der Waals surface area contributed by atoms with Crippen LogP contribution in [0.3, 0.4) is 0 Å². The molecule has 3 fully saturated rings. The topological polar surface area (TPSA) is 99.2 Å². The van der Waals surface area contributed by atoms with Crippen LogP contribution in [-0.4, -0.2) is 82.4 Å². The largest absolute Gasteiger partial charge is 0.443 e. The molecule has 3 aliphatic heterocycles. The van der Waals surface area contributed by atoms with Gasteiger partial charge in [0.05, 0.1) is 25.3 Å². The first-order chi connectivity index (χ1) is 21.9. The van der Waals surface area contributed by atoms with Gasteiger partial charge in [-0.05, 0) is 90.1 Å². The average Bonchev–Trinajstić information content (AvgIpc) is 3.74. The Hall–Kier alpha value is -3.31. The highest BCUT2D eigenvalue weighted by Crippen LogP contribution is 2.36. The molecule has 0 unspecified atom stereocenters. The van der Waals surface area contributed by atoms with Crippen LogP contribution in [0.15, 0.2) is 18.2 Å². The number of aromatic nitrogens is 2. The maximum Gasteiger partial charge on any atom is 0.416 e. The molecule has 0 spiro atoms. The minimum atomic E-state index is -0.796. The molecule has 0 bridgehead atoms. The van der Waals surface area contributed by atoms with E-state index in [9.17, 15) is 18.8 Å². The van der Waals surface area contributed by atoms with E-state index in [1.165, 1.54) is 17.0 Å². The first-order valence-corrected chi connectivity index (χ1v) is 17.0. The molecule has 46 heavy (non-hydrogen) atoms. The zero-order valence-corrected chi connectivity index (χ0v) is 27.8. The SMILES string of the molecule is CC(C)(C)OC(=O)N(Cc1ccc(F)cc1Cl)c1nc(N2CCC(C(=O)CN3CCCC3)CC2)nc2c1CN(C(=O)C1CC1)CC2. The number of rotatable bonds is 8. The summed E-state index contributed by atoms with van der Waals surface area (Å²) in [6, 6.07) is 4.08. The predicted octanol–water partition coefficient (Wildman–Crippen LogP) is 5.39. The summed E-state index contributed by atoms with van der Waals surface area (Å²) < 4.78 is 19.8. The summed E-state index contributed by atoms with van der Waals surface area (Å²) in [4.78, 5) is 57.7. The van der Waals surface area contributed by atoms with Gasteiger partial charge in [-0.25, -0.2) is 14.2 Å². The van der Waals surface area contributed by atoms with Crippen molar-refractivity contribution in [1.29, 1.82) is 0 Å². The fourth-order valence-electron chi connectivity index (χ4n) is 6.58. The lowest BCUT2D eigenvalue weighted by Gasteiger charge is -2.36. The number of nitrogens with zero attached hydrogens (tertiary/aromatic N) is 6. The van der Waals surface area contributed by atoms with E-state index in [0.717, 1.165) is 44.5 Å². The van der Waals surface area contributed by atoms with Crippen molar-refractivity contribution in [2.75, 3.05) is 49.1 Å². The molecule has 12 heteroatoms. The monoisotopic (exact) mass is 654 g/mol. The van der Waals surface area contributed by atoms with E-state index in [2.05, 4.69) is 9.80 Å². The van der Waals surface area contributed by atoms with Crippen molar-refractivity contribution >= 4 is 41.2 Å². The predicted molar refractivity (Wildman–Crippen MR) is 173 cm³/mol. The molecule has 248 valence electrons. The third-order valence-corrected chi connectivity index (χ3v) is 9.64. The number of likely N-dealkylation sites (tertiary alicyclic amines) is 1. The second-order valence-corrected chi connectivity index (χ2v) is 14.5. The Morgan fingerprint density at radius 1 is 1.00 bits per heavy atom. The molecular weight excluding hydrogens is 611 g/mol. The Morgan fingerprint density at radius 2 is 1.72 bits per heavy atom. The van der Waals surface area contributed by atoms with Crippen LogP contribution >= 0.6 is 11.6 Å². The van der Waals surface area contributed by atoms with Crippen molar-refractivity contribution in [3.05, 3.63) is 45.9 Å². The van der Waals surface area contributed by atoms with Crippen molar-refractivity contribution in [2.45, 2.75) is 84.4 Å². The summed E-state index contributed by atoms with van der Waals surface area (Å²) in [6.07, 6.45) is 5.44. The molecule has 1 aromatic heterocycles. The summed E-state index contributed by atoms with van der Waals surface area (Å²) in [5, 5.41) is 0.183. The number of benzene rings is 1. The van der Waals surface area contributed by atoms with Crippen LogP contribution in [0.4, 0.5) is 21.0 Å². The summed E-state index contributed by atoms with van der Waals surface area (Å²) >= 11 is 6.45. The highest BCUT2D eigenvalue weighted by molar-refractivity contribution is 6.31. The number of ether oxygens (including phenoxy) is 1. The van der Waals surface area contributed by atoms with Gasteiger partial charge < -0.3 is 14.5 Å². The third-order valence-electron chi connectivity index (χ3n) is 9.29. The molecule has 0 radical (unpaired) electrons. The van der Waals surface area contributed by atoms with E-state index in [-0.39, 0.29) is 35.9 Å². The standard InChI is InChI=1S/C34H44ClFN6O4/c1-34(2,3)46-33(45)42(19-24-8-9-25(36)18-27(24)35)30-26-20-41(31(44)23-6-7-23)17-12-28(26)37-32(38-30)40-15-10-22(11-16-40)29(43)21-39-13-4-5-14-39/h8-9,18,22-23H,4-7,10-17,19-21H2,1-3H3. The molecule has 2 saturated heterocycles. The molecule has 2 amide bonds.